The van der Waals surface area contributed by atoms with E-state index >= 15 is 0 Å². The molecule has 0 radical (unpaired) electrons. The van der Waals surface area contributed by atoms with E-state index < -0.39 is 0 Å². The van der Waals surface area contributed by atoms with Crippen molar-refractivity contribution in [1.29, 1.82) is 0 Å². The van der Waals surface area contributed by atoms with Gasteiger partial charge in [0.15, 0.2) is 0 Å². The van der Waals surface area contributed by atoms with Crippen LogP contribution in [-0.4, -0.2) is 16.3 Å². The fourth-order valence-electron chi connectivity index (χ4n) is 0.598. The van der Waals surface area contributed by atoms with E-state index in [9.17, 15) is 4.79 Å². The number of ether oxygens (including phenoxy) is 1. The molecule has 0 amide bonds. The minimum absolute atomic E-state index is 0.196. The molecule has 0 aliphatic rings. The van der Waals surface area contributed by atoms with Gasteiger partial charge in [-0.25, -0.2) is 4.79 Å². The smallest absolute Gasteiger partial charge is 0.333 e. The van der Waals surface area contributed by atoms with Gasteiger partial charge >= 0.3 is 5.97 Å². The van der Waals surface area contributed by atoms with Crippen LogP contribution in [0.25, 0.3) is 0 Å². The van der Waals surface area contributed by atoms with Crippen molar-refractivity contribution in [3.8, 4) is 0 Å². The fourth-order valence-corrected chi connectivity index (χ4v) is 0.971. The normalized spacial score (nSPS) is 11.5. The minimum atomic E-state index is -0.291. The van der Waals surface area contributed by atoms with Crippen molar-refractivity contribution in [2.45, 2.75) is 17.1 Å². The molecular formula is C9H12Br2O2. The van der Waals surface area contributed by atoms with E-state index in [4.69, 9.17) is 4.74 Å². The lowest BCUT2D eigenvalue weighted by Crippen LogP contribution is -2.05. The molecule has 0 bridgehead atoms. The summed E-state index contributed by atoms with van der Waals surface area (Å²) >= 11 is 6.62. The molecule has 13 heavy (non-hydrogen) atoms. The predicted molar refractivity (Wildman–Crippen MR) is 61.2 cm³/mol. The van der Waals surface area contributed by atoms with Crippen molar-refractivity contribution in [1.82, 2.24) is 0 Å². The van der Waals surface area contributed by atoms with Gasteiger partial charge in [0.1, 0.15) is 6.61 Å². The van der Waals surface area contributed by atoms with Crippen molar-refractivity contribution in [3.05, 3.63) is 24.3 Å². The van der Waals surface area contributed by atoms with Crippen molar-refractivity contribution in [2.75, 3.05) is 6.61 Å². The molecule has 0 rings (SSSR count). The molecule has 0 N–H and O–H groups in total. The Morgan fingerprint density at radius 3 is 2.69 bits per heavy atom. The number of alkyl halides is 2. The van der Waals surface area contributed by atoms with Crippen molar-refractivity contribution in [2.24, 2.45) is 0 Å². The maximum absolute atomic E-state index is 11.1. The molecule has 0 saturated heterocycles. The lowest BCUT2D eigenvalue weighted by atomic mass is 10.2. The molecule has 0 unspecified atom stereocenters. The van der Waals surface area contributed by atoms with Crippen LogP contribution in [0.2, 0.25) is 0 Å². The van der Waals surface area contributed by atoms with Crippen LogP contribution in [0.3, 0.4) is 0 Å². The molecule has 0 spiro atoms. The molecule has 4 heteroatoms. The molecular weight excluding hydrogens is 300 g/mol. The van der Waals surface area contributed by atoms with Crippen molar-refractivity contribution >= 4 is 37.8 Å². The maximum Gasteiger partial charge on any atom is 0.333 e. The van der Waals surface area contributed by atoms with E-state index in [1.54, 1.807) is 13.0 Å². The number of rotatable bonds is 5. The Bertz CT molecular complexity index is 210. The van der Waals surface area contributed by atoms with Gasteiger partial charge in [0.05, 0.1) is 3.74 Å². The molecule has 0 aromatic heterocycles. The van der Waals surface area contributed by atoms with E-state index in [1.807, 2.05) is 6.08 Å². The number of hydrogen-bond donors (Lipinski definition) is 0. The summed E-state index contributed by atoms with van der Waals surface area (Å²) in [7, 11) is 0. The van der Waals surface area contributed by atoms with Crippen LogP contribution in [0.15, 0.2) is 24.3 Å². The van der Waals surface area contributed by atoms with Crippen molar-refractivity contribution < 1.29 is 9.53 Å². The molecule has 0 aliphatic carbocycles. The number of allylic oxidation sites excluding steroid dienone is 1. The molecule has 0 atom stereocenters. The van der Waals surface area contributed by atoms with Gasteiger partial charge in [-0.15, -0.1) is 0 Å². The minimum Gasteiger partial charge on any atom is -0.458 e. The first-order valence-corrected chi connectivity index (χ1v) is 5.64. The maximum atomic E-state index is 11.1. The molecule has 0 aromatic rings. The second-order valence-electron chi connectivity index (χ2n) is 2.40. The monoisotopic (exact) mass is 310 g/mol. The first-order valence-electron chi connectivity index (χ1n) is 3.81. The molecule has 74 valence electrons. The Kier molecular flexibility index (Phi) is 7.28. The Labute approximate surface area is 95.3 Å². The van der Waals surface area contributed by atoms with Crippen molar-refractivity contribution in [3.63, 3.8) is 0 Å². The van der Waals surface area contributed by atoms with Gasteiger partial charge < -0.3 is 4.74 Å². The van der Waals surface area contributed by atoms with Gasteiger partial charge in [-0.05, 0) is 13.3 Å². The predicted octanol–water partition coefficient (Wildman–Crippen LogP) is 3.17. The van der Waals surface area contributed by atoms with E-state index in [0.717, 1.165) is 6.42 Å². The Morgan fingerprint density at radius 2 is 2.23 bits per heavy atom. The Balaban J connectivity index is 3.93. The highest BCUT2D eigenvalue weighted by atomic mass is 79.9. The quantitative estimate of drug-likeness (QED) is 0.337. The molecule has 0 aliphatic heterocycles. The number of carbonyl (C=O) groups excluding carboxylic acids is 1. The summed E-state index contributed by atoms with van der Waals surface area (Å²) in [5, 5.41) is 0. The number of hydrogen-bond acceptors (Lipinski definition) is 2. The van der Waals surface area contributed by atoms with Crippen LogP contribution in [-0.2, 0) is 9.53 Å². The SMILES string of the molecule is C=CCOC(=O)C(C)=CCC(Br)Br. The number of carbonyl (C=O) groups is 1. The van der Waals surface area contributed by atoms with E-state index in [-0.39, 0.29) is 16.3 Å². The number of esters is 1. The van der Waals surface area contributed by atoms with E-state index in [1.165, 1.54) is 0 Å². The first-order chi connectivity index (χ1) is 6.07. The summed E-state index contributed by atoms with van der Waals surface area (Å²) in [6.45, 7) is 5.44. The van der Waals surface area contributed by atoms with Crippen LogP contribution in [0, 0.1) is 0 Å². The summed E-state index contributed by atoms with van der Waals surface area (Å²) in [5.74, 6) is -0.291. The van der Waals surface area contributed by atoms with Gasteiger partial charge in [0.2, 0.25) is 0 Å². The largest absolute Gasteiger partial charge is 0.458 e. The topological polar surface area (TPSA) is 26.3 Å². The molecule has 0 heterocycles. The van der Waals surface area contributed by atoms with Crippen LogP contribution in [0.5, 0.6) is 0 Å². The van der Waals surface area contributed by atoms with E-state index in [0.29, 0.717) is 5.57 Å². The van der Waals surface area contributed by atoms with Gasteiger partial charge in [-0.3, -0.25) is 0 Å². The Morgan fingerprint density at radius 1 is 1.62 bits per heavy atom. The third-order valence-corrected chi connectivity index (χ3v) is 2.00. The van der Waals surface area contributed by atoms with Gasteiger partial charge in [0.25, 0.3) is 0 Å². The highest BCUT2D eigenvalue weighted by Gasteiger charge is 2.04. The molecule has 0 fully saturated rings. The lowest BCUT2D eigenvalue weighted by molar-refractivity contribution is -0.137. The van der Waals surface area contributed by atoms with Gasteiger partial charge in [-0.1, -0.05) is 50.6 Å². The summed E-state index contributed by atoms with van der Waals surface area (Å²) in [6.07, 6.45) is 4.11. The zero-order valence-electron chi connectivity index (χ0n) is 7.43. The zero-order chi connectivity index (χ0) is 10.3. The third-order valence-electron chi connectivity index (χ3n) is 1.26. The van der Waals surface area contributed by atoms with Gasteiger partial charge in [0, 0.05) is 5.57 Å². The summed E-state index contributed by atoms with van der Waals surface area (Å²) < 4.78 is 5.03. The average Bonchev–Trinajstić information content (AvgIpc) is 2.10. The van der Waals surface area contributed by atoms with Crippen LogP contribution >= 0.6 is 31.9 Å². The summed E-state index contributed by atoms with van der Waals surface area (Å²) in [6, 6.07) is 0. The first kappa shape index (κ1) is 12.9. The van der Waals surface area contributed by atoms with Crippen LogP contribution in [0.1, 0.15) is 13.3 Å². The zero-order valence-corrected chi connectivity index (χ0v) is 10.6. The second kappa shape index (κ2) is 7.33. The van der Waals surface area contributed by atoms with Crippen LogP contribution < -0.4 is 0 Å². The van der Waals surface area contributed by atoms with Crippen LogP contribution in [0.4, 0.5) is 0 Å². The Hall–Kier alpha value is -0.0900. The fraction of sp³-hybridized carbons (Fsp3) is 0.444. The average molecular weight is 312 g/mol. The molecule has 0 saturated carbocycles. The highest BCUT2D eigenvalue weighted by Crippen LogP contribution is 2.14. The number of halogens is 2. The summed E-state index contributed by atoms with van der Waals surface area (Å²) in [4.78, 5) is 11.1. The standard InChI is InChI=1S/C9H12Br2O2/c1-3-6-13-9(12)7(2)4-5-8(10)11/h3-4,8H,1,5-6H2,2H3. The molecule has 2 nitrogen and oxygen atoms in total. The lowest BCUT2D eigenvalue weighted by Gasteiger charge is -2.01. The second-order valence-corrected chi connectivity index (χ2v) is 5.84. The van der Waals surface area contributed by atoms with Gasteiger partial charge in [-0.2, -0.15) is 0 Å². The summed E-state index contributed by atoms with van der Waals surface area (Å²) in [5.41, 5.74) is 0.616. The molecule has 0 aromatic carbocycles. The van der Waals surface area contributed by atoms with E-state index in [2.05, 4.69) is 38.4 Å². The third kappa shape index (κ3) is 7.02. The highest BCUT2D eigenvalue weighted by molar-refractivity contribution is 9.24.